The van der Waals surface area contributed by atoms with Crippen LogP contribution in [0, 0.1) is 0 Å². The van der Waals surface area contributed by atoms with Gasteiger partial charge < -0.3 is 4.57 Å². The Hall–Kier alpha value is -1.92. The quantitative estimate of drug-likeness (QED) is 0.743. The van der Waals surface area contributed by atoms with Gasteiger partial charge in [-0.15, -0.1) is 0 Å². The Morgan fingerprint density at radius 1 is 1.32 bits per heavy atom. The Morgan fingerprint density at radius 2 is 2.27 bits per heavy atom. The summed E-state index contributed by atoms with van der Waals surface area (Å²) in [7, 11) is 0. The summed E-state index contributed by atoms with van der Waals surface area (Å²) >= 11 is 1.76. The van der Waals surface area contributed by atoms with E-state index in [1.165, 1.54) is 17.1 Å². The summed E-state index contributed by atoms with van der Waals surface area (Å²) in [6.07, 6.45) is 5.81. The monoisotopic (exact) mass is 313 g/mol. The minimum Gasteiger partial charge on any atom is -0.328 e. The fraction of sp³-hybridized carbons (Fsp3) is 0.375. The van der Waals surface area contributed by atoms with Crippen LogP contribution in [0.3, 0.4) is 0 Å². The van der Waals surface area contributed by atoms with E-state index in [9.17, 15) is 0 Å². The first-order valence-corrected chi connectivity index (χ1v) is 8.52. The van der Waals surface area contributed by atoms with E-state index in [4.69, 9.17) is 0 Å². The molecular weight excluding hydrogens is 294 g/mol. The lowest BCUT2D eigenvalue weighted by Gasteiger charge is -2.34. The highest BCUT2D eigenvalue weighted by molar-refractivity contribution is 7.07. The molecule has 0 spiro atoms. The molecule has 0 saturated heterocycles. The average Bonchev–Trinajstić information content (AvgIpc) is 3.25. The van der Waals surface area contributed by atoms with E-state index in [0.717, 1.165) is 26.2 Å². The number of imidazole rings is 1. The topological polar surface area (TPSA) is 38.9 Å². The molecule has 0 unspecified atom stereocenters. The van der Waals surface area contributed by atoms with E-state index in [0.29, 0.717) is 6.04 Å². The van der Waals surface area contributed by atoms with Crippen LogP contribution in [0.1, 0.15) is 30.0 Å². The van der Waals surface area contributed by atoms with Gasteiger partial charge in [0.25, 0.3) is 0 Å². The van der Waals surface area contributed by atoms with Crippen molar-refractivity contribution in [2.24, 2.45) is 0 Å². The molecule has 5 nitrogen and oxygen atoms in total. The van der Waals surface area contributed by atoms with E-state index in [2.05, 4.69) is 43.3 Å². The van der Waals surface area contributed by atoms with Gasteiger partial charge in [-0.3, -0.25) is 9.58 Å². The third-order valence-electron chi connectivity index (χ3n) is 4.35. The molecule has 1 aliphatic rings. The molecule has 4 heterocycles. The zero-order valence-electron chi connectivity index (χ0n) is 12.6. The Bertz CT molecular complexity index is 729. The van der Waals surface area contributed by atoms with Crippen molar-refractivity contribution < 1.29 is 0 Å². The highest BCUT2D eigenvalue weighted by Gasteiger charge is 2.27. The average molecular weight is 313 g/mol. The third kappa shape index (κ3) is 2.48. The van der Waals surface area contributed by atoms with Crippen molar-refractivity contribution in [2.75, 3.05) is 6.54 Å². The number of fused-ring (bicyclic) bond motifs is 1. The molecule has 114 valence electrons. The first-order valence-electron chi connectivity index (χ1n) is 7.58. The van der Waals surface area contributed by atoms with Crippen molar-refractivity contribution >= 4 is 11.3 Å². The first-order chi connectivity index (χ1) is 10.8. The molecule has 6 heteroatoms. The zero-order chi connectivity index (χ0) is 14.9. The summed E-state index contributed by atoms with van der Waals surface area (Å²) in [4.78, 5) is 7.18. The smallest absolute Gasteiger partial charge is 0.126 e. The number of nitrogens with zero attached hydrogens (tertiary/aromatic N) is 5. The summed E-state index contributed by atoms with van der Waals surface area (Å²) in [6, 6.07) is 4.51. The number of rotatable bonds is 4. The van der Waals surface area contributed by atoms with Gasteiger partial charge in [-0.25, -0.2) is 4.98 Å². The Balaban J connectivity index is 1.54. The van der Waals surface area contributed by atoms with Crippen LogP contribution in [0.15, 0.2) is 41.5 Å². The van der Waals surface area contributed by atoms with Crippen molar-refractivity contribution in [3.05, 3.63) is 58.6 Å². The van der Waals surface area contributed by atoms with E-state index in [1.807, 2.05) is 29.3 Å². The molecule has 0 aromatic carbocycles. The van der Waals surface area contributed by atoms with Crippen LogP contribution in [0.2, 0.25) is 0 Å². The van der Waals surface area contributed by atoms with Crippen LogP contribution in [-0.2, 0) is 19.6 Å². The van der Waals surface area contributed by atoms with Gasteiger partial charge in [-0.2, -0.15) is 16.4 Å². The Morgan fingerprint density at radius 3 is 3.05 bits per heavy atom. The van der Waals surface area contributed by atoms with Crippen molar-refractivity contribution in [3.63, 3.8) is 0 Å². The van der Waals surface area contributed by atoms with Crippen LogP contribution in [0.4, 0.5) is 0 Å². The predicted molar refractivity (Wildman–Crippen MR) is 86.7 cm³/mol. The second-order valence-corrected chi connectivity index (χ2v) is 6.52. The van der Waals surface area contributed by atoms with Crippen LogP contribution >= 0.6 is 11.3 Å². The molecule has 0 aliphatic carbocycles. The van der Waals surface area contributed by atoms with Gasteiger partial charge in [0.15, 0.2) is 0 Å². The number of hydrogen-bond donors (Lipinski definition) is 0. The predicted octanol–water partition coefficient (Wildman–Crippen LogP) is 2.77. The Labute approximate surface area is 133 Å². The molecule has 0 saturated carbocycles. The second kappa shape index (κ2) is 5.70. The van der Waals surface area contributed by atoms with Crippen LogP contribution in [0.5, 0.6) is 0 Å². The molecule has 0 radical (unpaired) electrons. The summed E-state index contributed by atoms with van der Waals surface area (Å²) in [5.41, 5.74) is 2.63. The lowest BCUT2D eigenvalue weighted by atomic mass is 10.2. The second-order valence-electron chi connectivity index (χ2n) is 5.74. The van der Waals surface area contributed by atoms with E-state index < -0.39 is 0 Å². The maximum Gasteiger partial charge on any atom is 0.126 e. The molecule has 4 rings (SSSR count). The Kier molecular flexibility index (Phi) is 3.56. The van der Waals surface area contributed by atoms with Gasteiger partial charge in [0.1, 0.15) is 5.82 Å². The molecule has 22 heavy (non-hydrogen) atoms. The highest BCUT2D eigenvalue weighted by Crippen LogP contribution is 2.27. The number of thiophene rings is 1. The molecule has 0 bridgehead atoms. The van der Waals surface area contributed by atoms with E-state index in [1.54, 1.807) is 11.3 Å². The molecule has 0 N–H and O–H groups in total. The lowest BCUT2D eigenvalue weighted by Crippen LogP contribution is -2.37. The van der Waals surface area contributed by atoms with Crippen molar-refractivity contribution in [1.29, 1.82) is 0 Å². The molecule has 0 fully saturated rings. The fourth-order valence-corrected chi connectivity index (χ4v) is 3.78. The SMILES string of the molecule is C[C@@H]1c2ncc(Cn3cccn3)n2CCN1Cc1ccsc1. The highest BCUT2D eigenvalue weighted by atomic mass is 32.1. The summed E-state index contributed by atoms with van der Waals surface area (Å²) < 4.78 is 4.31. The van der Waals surface area contributed by atoms with E-state index in [-0.39, 0.29) is 0 Å². The third-order valence-corrected chi connectivity index (χ3v) is 5.08. The standard InChI is InChI=1S/C16H19N5S/c1-13-16-17-9-15(11-20-5-2-4-18-20)21(16)7-6-19(13)10-14-3-8-22-12-14/h2-5,8-9,12-13H,6-7,10-11H2,1H3/t13-/m1/s1. The van der Waals surface area contributed by atoms with Gasteiger partial charge in [0.2, 0.25) is 0 Å². The normalized spacial score (nSPS) is 18.5. The van der Waals surface area contributed by atoms with Gasteiger partial charge in [-0.05, 0) is 35.4 Å². The minimum atomic E-state index is 0.347. The van der Waals surface area contributed by atoms with Gasteiger partial charge in [0.05, 0.1) is 24.5 Å². The van der Waals surface area contributed by atoms with Gasteiger partial charge in [0, 0.05) is 32.0 Å². The fourth-order valence-electron chi connectivity index (χ4n) is 3.12. The summed E-state index contributed by atoms with van der Waals surface area (Å²) in [6.45, 7) is 6.11. The maximum atomic E-state index is 4.68. The van der Waals surface area contributed by atoms with Crippen LogP contribution < -0.4 is 0 Å². The molecule has 1 aliphatic heterocycles. The van der Waals surface area contributed by atoms with Crippen LogP contribution in [0.25, 0.3) is 0 Å². The largest absolute Gasteiger partial charge is 0.328 e. The number of aromatic nitrogens is 4. The van der Waals surface area contributed by atoms with Crippen molar-refractivity contribution in [2.45, 2.75) is 32.6 Å². The minimum absolute atomic E-state index is 0.347. The van der Waals surface area contributed by atoms with Gasteiger partial charge in [-0.1, -0.05) is 0 Å². The molecule has 1 atom stereocenters. The summed E-state index contributed by atoms with van der Waals surface area (Å²) in [5.74, 6) is 1.17. The molecule has 3 aromatic heterocycles. The summed E-state index contributed by atoms with van der Waals surface area (Å²) in [5, 5.41) is 8.67. The van der Waals surface area contributed by atoms with Gasteiger partial charge >= 0.3 is 0 Å². The maximum absolute atomic E-state index is 4.68. The van der Waals surface area contributed by atoms with Crippen LogP contribution in [-0.4, -0.2) is 30.8 Å². The molecular formula is C16H19N5S. The zero-order valence-corrected chi connectivity index (χ0v) is 13.4. The molecule has 3 aromatic rings. The van der Waals surface area contributed by atoms with Crippen molar-refractivity contribution in [3.8, 4) is 0 Å². The first kappa shape index (κ1) is 13.7. The van der Waals surface area contributed by atoms with Crippen molar-refractivity contribution in [1.82, 2.24) is 24.2 Å². The lowest BCUT2D eigenvalue weighted by molar-refractivity contribution is 0.155. The molecule has 0 amide bonds. The van der Waals surface area contributed by atoms with E-state index >= 15 is 0 Å². The number of hydrogen-bond acceptors (Lipinski definition) is 4.